The molecule has 4 nitrogen and oxygen atoms in total. The molecule has 0 saturated heterocycles. The van der Waals surface area contributed by atoms with Crippen LogP contribution in [0, 0.1) is 0 Å². The van der Waals surface area contributed by atoms with Gasteiger partial charge in [0.2, 0.25) is 0 Å². The molecule has 2 unspecified atom stereocenters. The lowest BCUT2D eigenvalue weighted by molar-refractivity contribution is 0.415. The monoisotopic (exact) mass is 417 g/mol. The van der Waals surface area contributed by atoms with Gasteiger partial charge in [-0.3, -0.25) is 0 Å². The van der Waals surface area contributed by atoms with Gasteiger partial charge in [0.15, 0.2) is 0 Å². The van der Waals surface area contributed by atoms with E-state index in [2.05, 4.69) is 104 Å². The predicted octanol–water partition coefficient (Wildman–Crippen LogP) is 7.59. The number of nitrogens with zero attached hydrogens (tertiary/aromatic N) is 1. The molecule has 3 rings (SSSR count). The van der Waals surface area contributed by atoms with Gasteiger partial charge >= 0.3 is 0 Å². The Kier molecular flexibility index (Phi) is 7.82. The number of hydrogen-bond acceptors (Lipinski definition) is 4. The molecule has 0 saturated carbocycles. The minimum Gasteiger partial charge on any atom is -0.497 e. The molecule has 31 heavy (non-hydrogen) atoms. The van der Waals surface area contributed by atoms with Gasteiger partial charge in [0.25, 0.3) is 0 Å². The fourth-order valence-corrected chi connectivity index (χ4v) is 3.37. The van der Waals surface area contributed by atoms with Crippen LogP contribution in [-0.2, 0) is 0 Å². The third-order valence-corrected chi connectivity index (χ3v) is 5.63. The lowest BCUT2D eigenvalue weighted by atomic mass is 10.1. The van der Waals surface area contributed by atoms with E-state index in [4.69, 9.17) is 4.74 Å². The minimum atomic E-state index is 0.453. The summed E-state index contributed by atoms with van der Waals surface area (Å²) in [4.78, 5) is 2.26. The van der Waals surface area contributed by atoms with E-state index in [-0.39, 0.29) is 0 Å². The Morgan fingerprint density at radius 2 is 1.00 bits per heavy atom. The number of benzene rings is 3. The third-order valence-electron chi connectivity index (χ3n) is 5.63. The SMILES string of the molecule is CCC(C)Nc1ccc(N(c2ccc(NC(C)CC)cc2)c2ccc(OC)cc2)cc1. The van der Waals surface area contributed by atoms with Crippen molar-refractivity contribution in [1.82, 2.24) is 0 Å². The Hall–Kier alpha value is -3.14. The number of rotatable bonds is 10. The third kappa shape index (κ3) is 5.94. The molecule has 164 valence electrons. The van der Waals surface area contributed by atoms with Gasteiger partial charge in [0.05, 0.1) is 7.11 Å². The lowest BCUT2D eigenvalue weighted by Gasteiger charge is -2.26. The second-order valence-electron chi connectivity index (χ2n) is 8.03. The normalized spacial score (nSPS) is 12.7. The van der Waals surface area contributed by atoms with E-state index in [1.165, 1.54) is 0 Å². The molecule has 0 aliphatic heterocycles. The van der Waals surface area contributed by atoms with Crippen molar-refractivity contribution in [1.29, 1.82) is 0 Å². The molecule has 0 aliphatic carbocycles. The summed E-state index contributed by atoms with van der Waals surface area (Å²) in [7, 11) is 1.69. The van der Waals surface area contributed by atoms with Gasteiger partial charge in [-0.25, -0.2) is 0 Å². The molecular formula is C27H35N3O. The second-order valence-corrected chi connectivity index (χ2v) is 8.03. The lowest BCUT2D eigenvalue weighted by Crippen LogP contribution is -2.14. The topological polar surface area (TPSA) is 36.5 Å². The van der Waals surface area contributed by atoms with E-state index in [0.29, 0.717) is 12.1 Å². The van der Waals surface area contributed by atoms with Crippen LogP contribution in [0.4, 0.5) is 28.4 Å². The van der Waals surface area contributed by atoms with Gasteiger partial charge in [0.1, 0.15) is 5.75 Å². The van der Waals surface area contributed by atoms with Crippen molar-refractivity contribution in [3.63, 3.8) is 0 Å². The smallest absolute Gasteiger partial charge is 0.119 e. The van der Waals surface area contributed by atoms with Crippen molar-refractivity contribution < 1.29 is 4.74 Å². The highest BCUT2D eigenvalue weighted by Gasteiger charge is 2.13. The molecule has 3 aromatic carbocycles. The molecule has 0 bridgehead atoms. The van der Waals surface area contributed by atoms with Crippen LogP contribution >= 0.6 is 0 Å². The zero-order chi connectivity index (χ0) is 22.2. The summed E-state index contributed by atoms with van der Waals surface area (Å²) in [5, 5.41) is 7.08. The summed E-state index contributed by atoms with van der Waals surface area (Å²) in [6.07, 6.45) is 2.19. The summed E-state index contributed by atoms with van der Waals surface area (Å²) in [6.45, 7) is 8.79. The van der Waals surface area contributed by atoms with Crippen LogP contribution in [0.1, 0.15) is 40.5 Å². The van der Waals surface area contributed by atoms with E-state index in [1.54, 1.807) is 7.11 Å². The van der Waals surface area contributed by atoms with Crippen molar-refractivity contribution in [2.45, 2.75) is 52.6 Å². The Bertz CT molecular complexity index is 865. The van der Waals surface area contributed by atoms with Crippen LogP contribution in [0.25, 0.3) is 0 Å². The van der Waals surface area contributed by atoms with Crippen molar-refractivity contribution in [3.8, 4) is 5.75 Å². The molecule has 0 radical (unpaired) electrons. The van der Waals surface area contributed by atoms with Crippen molar-refractivity contribution in [3.05, 3.63) is 72.8 Å². The van der Waals surface area contributed by atoms with Gasteiger partial charge in [-0.1, -0.05) is 13.8 Å². The van der Waals surface area contributed by atoms with Crippen molar-refractivity contribution >= 4 is 28.4 Å². The van der Waals surface area contributed by atoms with Crippen molar-refractivity contribution in [2.75, 3.05) is 22.6 Å². The molecule has 0 aromatic heterocycles. The van der Waals surface area contributed by atoms with Gasteiger partial charge in [-0.2, -0.15) is 0 Å². The summed E-state index contributed by atoms with van der Waals surface area (Å²) >= 11 is 0. The Balaban J connectivity index is 1.93. The summed E-state index contributed by atoms with van der Waals surface area (Å²) in [5.41, 5.74) is 5.60. The number of ether oxygens (including phenoxy) is 1. The van der Waals surface area contributed by atoms with Gasteiger partial charge in [-0.15, -0.1) is 0 Å². The fourth-order valence-electron chi connectivity index (χ4n) is 3.37. The van der Waals surface area contributed by atoms with E-state index in [9.17, 15) is 0 Å². The molecule has 0 aliphatic rings. The molecule has 0 heterocycles. The quantitative estimate of drug-likeness (QED) is 0.356. The summed E-state index contributed by atoms with van der Waals surface area (Å²) < 4.78 is 5.35. The number of hydrogen-bond donors (Lipinski definition) is 2. The maximum absolute atomic E-state index is 5.35. The number of nitrogens with one attached hydrogen (secondary N) is 2. The summed E-state index contributed by atoms with van der Waals surface area (Å²) in [6, 6.07) is 26.4. The molecule has 0 amide bonds. The van der Waals surface area contributed by atoms with E-state index < -0.39 is 0 Å². The molecular weight excluding hydrogens is 382 g/mol. The van der Waals surface area contributed by atoms with Crippen LogP contribution in [0.5, 0.6) is 5.75 Å². The zero-order valence-electron chi connectivity index (χ0n) is 19.4. The first-order valence-corrected chi connectivity index (χ1v) is 11.2. The predicted molar refractivity (Wildman–Crippen MR) is 134 cm³/mol. The Labute approximate surface area is 187 Å². The Morgan fingerprint density at radius 3 is 1.32 bits per heavy atom. The second kappa shape index (κ2) is 10.8. The number of anilines is 5. The van der Waals surface area contributed by atoms with E-state index in [0.717, 1.165) is 47.0 Å². The average molecular weight is 418 g/mol. The molecule has 4 heteroatoms. The first-order valence-electron chi connectivity index (χ1n) is 11.2. The minimum absolute atomic E-state index is 0.453. The molecule has 0 fully saturated rings. The molecule has 3 aromatic rings. The van der Waals surface area contributed by atoms with E-state index >= 15 is 0 Å². The standard InChI is InChI=1S/C27H35N3O/c1-6-20(3)28-22-8-12-24(13-9-22)30(26-16-18-27(31-5)19-17-26)25-14-10-23(11-15-25)29-21(4)7-2/h8-21,28-29H,6-7H2,1-5H3. The van der Waals surface area contributed by atoms with Crippen LogP contribution in [0.3, 0.4) is 0 Å². The van der Waals surface area contributed by atoms with Gasteiger partial charge in [-0.05, 0) is 99.5 Å². The maximum Gasteiger partial charge on any atom is 0.119 e. The average Bonchev–Trinajstić information content (AvgIpc) is 2.81. The molecule has 0 spiro atoms. The summed E-state index contributed by atoms with van der Waals surface area (Å²) in [5.74, 6) is 0.852. The van der Waals surface area contributed by atoms with Gasteiger partial charge in [0, 0.05) is 40.5 Å². The molecule has 2 atom stereocenters. The largest absolute Gasteiger partial charge is 0.497 e. The van der Waals surface area contributed by atoms with Crippen LogP contribution < -0.4 is 20.3 Å². The number of methoxy groups -OCH3 is 1. The highest BCUT2D eigenvalue weighted by molar-refractivity contribution is 5.78. The van der Waals surface area contributed by atoms with Crippen LogP contribution in [0.15, 0.2) is 72.8 Å². The Morgan fingerprint density at radius 1 is 0.645 bits per heavy atom. The van der Waals surface area contributed by atoms with E-state index in [1.807, 2.05) is 12.1 Å². The van der Waals surface area contributed by atoms with Crippen molar-refractivity contribution in [2.24, 2.45) is 0 Å². The van der Waals surface area contributed by atoms with Crippen LogP contribution in [0.2, 0.25) is 0 Å². The maximum atomic E-state index is 5.35. The first-order chi connectivity index (χ1) is 15.0. The van der Waals surface area contributed by atoms with Crippen LogP contribution in [-0.4, -0.2) is 19.2 Å². The first kappa shape index (κ1) is 22.5. The molecule has 2 N–H and O–H groups in total. The highest BCUT2D eigenvalue weighted by Crippen LogP contribution is 2.36. The zero-order valence-corrected chi connectivity index (χ0v) is 19.4. The highest BCUT2D eigenvalue weighted by atomic mass is 16.5. The fraction of sp³-hybridized carbons (Fsp3) is 0.333. The van der Waals surface area contributed by atoms with Gasteiger partial charge < -0.3 is 20.3 Å².